The van der Waals surface area contributed by atoms with E-state index < -0.39 is 0 Å². The Labute approximate surface area is 177 Å². The summed E-state index contributed by atoms with van der Waals surface area (Å²) in [7, 11) is 1.71. The lowest BCUT2D eigenvalue weighted by molar-refractivity contribution is -0.131. The number of anilines is 1. The fourth-order valence-electron chi connectivity index (χ4n) is 3.50. The van der Waals surface area contributed by atoms with Gasteiger partial charge < -0.3 is 20.4 Å². The number of amides is 1. The van der Waals surface area contributed by atoms with Crippen molar-refractivity contribution in [2.24, 2.45) is 4.99 Å². The Bertz CT molecular complexity index is 817. The third-order valence-electron chi connectivity index (χ3n) is 5.23. The maximum absolute atomic E-state index is 12.9. The summed E-state index contributed by atoms with van der Waals surface area (Å²) in [6, 6.07) is 16.8. The molecule has 0 aliphatic carbocycles. The van der Waals surface area contributed by atoms with E-state index in [-0.39, 0.29) is 11.7 Å². The third kappa shape index (κ3) is 6.47. The number of rotatable bonds is 7. The van der Waals surface area contributed by atoms with Gasteiger partial charge in [-0.3, -0.25) is 9.79 Å². The van der Waals surface area contributed by atoms with Crippen molar-refractivity contribution in [1.29, 1.82) is 0 Å². The summed E-state index contributed by atoms with van der Waals surface area (Å²) in [5, 5.41) is 6.41. The number of nitrogens with zero attached hydrogens (tertiary/aromatic N) is 3. The first-order valence-electron chi connectivity index (χ1n) is 10.4. The molecule has 0 bridgehead atoms. The molecule has 0 unspecified atom stereocenters. The molecule has 2 N–H and O–H groups in total. The molecule has 1 aliphatic heterocycles. The molecule has 0 saturated carbocycles. The Kier molecular flexibility index (Phi) is 8.06. The zero-order valence-corrected chi connectivity index (χ0v) is 17.5. The predicted octanol–water partition coefficient (Wildman–Crippen LogP) is 2.27. The summed E-state index contributed by atoms with van der Waals surface area (Å²) in [6.07, 6.45) is 1.20. The maximum Gasteiger partial charge on any atom is 0.224 e. The molecule has 3 rings (SSSR count). The smallest absolute Gasteiger partial charge is 0.224 e. The first kappa shape index (κ1) is 21.6. The Balaban J connectivity index is 1.32. The minimum atomic E-state index is -0.227. The van der Waals surface area contributed by atoms with E-state index in [4.69, 9.17) is 0 Å². The normalized spacial score (nSPS) is 14.5. The van der Waals surface area contributed by atoms with E-state index in [0.717, 1.165) is 38.2 Å². The van der Waals surface area contributed by atoms with Crippen molar-refractivity contribution in [3.63, 3.8) is 0 Å². The second kappa shape index (κ2) is 11.2. The highest BCUT2D eigenvalue weighted by Crippen LogP contribution is 2.15. The van der Waals surface area contributed by atoms with Crippen LogP contribution < -0.4 is 15.5 Å². The van der Waals surface area contributed by atoms with E-state index in [1.165, 1.54) is 17.8 Å². The molecule has 1 amide bonds. The molecule has 1 heterocycles. The lowest BCUT2D eigenvalue weighted by Crippen LogP contribution is -2.49. The molecule has 0 radical (unpaired) electrons. The first-order chi connectivity index (χ1) is 14.7. The highest BCUT2D eigenvalue weighted by molar-refractivity contribution is 5.81. The number of hydrogen-bond donors (Lipinski definition) is 2. The van der Waals surface area contributed by atoms with Gasteiger partial charge in [-0.25, -0.2) is 4.39 Å². The summed E-state index contributed by atoms with van der Waals surface area (Å²) in [4.78, 5) is 21.0. The van der Waals surface area contributed by atoms with Crippen LogP contribution in [0, 0.1) is 5.82 Å². The SMILES string of the molecule is CN=C(NCCC(=O)N1CCN(c2ccccc2)CC1)NCCc1ccc(F)cc1. The van der Waals surface area contributed by atoms with Gasteiger partial charge in [0.1, 0.15) is 5.82 Å². The average Bonchev–Trinajstić information content (AvgIpc) is 2.80. The molecule has 0 atom stereocenters. The zero-order chi connectivity index (χ0) is 21.2. The van der Waals surface area contributed by atoms with Crippen LogP contribution in [-0.4, -0.2) is 63.1 Å². The van der Waals surface area contributed by atoms with Crippen LogP contribution in [0.3, 0.4) is 0 Å². The third-order valence-corrected chi connectivity index (χ3v) is 5.23. The number of carbonyl (C=O) groups is 1. The number of aliphatic imine (C=N–C) groups is 1. The fourth-order valence-corrected chi connectivity index (χ4v) is 3.50. The van der Waals surface area contributed by atoms with Gasteiger partial charge in [0, 0.05) is 58.4 Å². The van der Waals surface area contributed by atoms with Crippen LogP contribution in [-0.2, 0) is 11.2 Å². The van der Waals surface area contributed by atoms with Crippen LogP contribution >= 0.6 is 0 Å². The topological polar surface area (TPSA) is 60.0 Å². The molecular weight excluding hydrogens is 381 g/mol. The van der Waals surface area contributed by atoms with Crippen LogP contribution in [0.25, 0.3) is 0 Å². The largest absolute Gasteiger partial charge is 0.368 e. The fraction of sp³-hybridized carbons (Fsp3) is 0.391. The summed E-state index contributed by atoms with van der Waals surface area (Å²) in [5.74, 6) is 0.603. The van der Waals surface area contributed by atoms with Gasteiger partial charge in [0.15, 0.2) is 5.96 Å². The molecule has 30 heavy (non-hydrogen) atoms. The molecule has 2 aromatic rings. The van der Waals surface area contributed by atoms with Crippen LogP contribution in [0.1, 0.15) is 12.0 Å². The summed E-state index contributed by atoms with van der Waals surface area (Å²) in [6.45, 7) is 4.43. The molecule has 6 nitrogen and oxygen atoms in total. The molecule has 1 saturated heterocycles. The number of guanidine groups is 1. The molecule has 1 fully saturated rings. The summed E-state index contributed by atoms with van der Waals surface area (Å²) < 4.78 is 12.9. The monoisotopic (exact) mass is 411 g/mol. The predicted molar refractivity (Wildman–Crippen MR) is 119 cm³/mol. The van der Waals surface area contributed by atoms with Crippen molar-refractivity contribution in [1.82, 2.24) is 15.5 Å². The van der Waals surface area contributed by atoms with Gasteiger partial charge in [-0.1, -0.05) is 30.3 Å². The van der Waals surface area contributed by atoms with Crippen LogP contribution in [0.15, 0.2) is 59.6 Å². The maximum atomic E-state index is 12.9. The number of hydrogen-bond acceptors (Lipinski definition) is 3. The number of carbonyl (C=O) groups excluding carboxylic acids is 1. The molecule has 1 aliphatic rings. The Morgan fingerprint density at radius 3 is 2.30 bits per heavy atom. The lowest BCUT2D eigenvalue weighted by atomic mass is 10.1. The van der Waals surface area contributed by atoms with Gasteiger partial charge >= 0.3 is 0 Å². The van der Waals surface area contributed by atoms with Crippen molar-refractivity contribution in [3.05, 3.63) is 66.0 Å². The highest BCUT2D eigenvalue weighted by atomic mass is 19.1. The van der Waals surface area contributed by atoms with Gasteiger partial charge in [0.2, 0.25) is 5.91 Å². The van der Waals surface area contributed by atoms with Gasteiger partial charge in [0.05, 0.1) is 0 Å². The van der Waals surface area contributed by atoms with Crippen LogP contribution in [0.5, 0.6) is 0 Å². The lowest BCUT2D eigenvalue weighted by Gasteiger charge is -2.36. The van der Waals surface area contributed by atoms with E-state index in [2.05, 4.69) is 32.7 Å². The van der Waals surface area contributed by atoms with E-state index in [0.29, 0.717) is 25.5 Å². The first-order valence-corrected chi connectivity index (χ1v) is 10.4. The van der Waals surface area contributed by atoms with Gasteiger partial charge in [-0.15, -0.1) is 0 Å². The molecule has 0 aromatic heterocycles. The van der Waals surface area contributed by atoms with Crippen LogP contribution in [0.2, 0.25) is 0 Å². The Morgan fingerprint density at radius 1 is 0.967 bits per heavy atom. The number of nitrogens with one attached hydrogen (secondary N) is 2. The van der Waals surface area contributed by atoms with Crippen molar-refractivity contribution in [3.8, 4) is 0 Å². The van der Waals surface area contributed by atoms with Gasteiger partial charge in [-0.2, -0.15) is 0 Å². The molecule has 160 valence electrons. The standard InChI is InChI=1S/C23H30FN5O/c1-25-23(26-13-11-19-7-9-20(24)10-8-19)27-14-12-22(30)29-17-15-28(16-18-29)21-5-3-2-4-6-21/h2-10H,11-18H2,1H3,(H2,25,26,27). The molecular formula is C23H30FN5O. The van der Waals surface area contributed by atoms with E-state index in [1.807, 2.05) is 23.1 Å². The van der Waals surface area contributed by atoms with E-state index in [1.54, 1.807) is 19.2 Å². The highest BCUT2D eigenvalue weighted by Gasteiger charge is 2.20. The Morgan fingerprint density at radius 2 is 1.63 bits per heavy atom. The van der Waals surface area contributed by atoms with Crippen molar-refractivity contribution < 1.29 is 9.18 Å². The van der Waals surface area contributed by atoms with Gasteiger partial charge in [-0.05, 0) is 36.2 Å². The number of halogens is 1. The van der Waals surface area contributed by atoms with E-state index in [9.17, 15) is 9.18 Å². The minimum absolute atomic E-state index is 0.164. The second-order valence-electron chi connectivity index (χ2n) is 7.26. The van der Waals surface area contributed by atoms with Crippen molar-refractivity contribution >= 4 is 17.6 Å². The quantitative estimate of drug-likeness (QED) is 0.542. The molecule has 2 aromatic carbocycles. The molecule has 7 heteroatoms. The number of benzene rings is 2. The van der Waals surface area contributed by atoms with Crippen molar-refractivity contribution in [2.75, 3.05) is 51.2 Å². The van der Waals surface area contributed by atoms with Gasteiger partial charge in [0.25, 0.3) is 0 Å². The minimum Gasteiger partial charge on any atom is -0.368 e. The summed E-state index contributed by atoms with van der Waals surface area (Å²) >= 11 is 0. The summed E-state index contributed by atoms with van der Waals surface area (Å²) in [5.41, 5.74) is 2.27. The number of piperazine rings is 1. The zero-order valence-electron chi connectivity index (χ0n) is 17.5. The average molecular weight is 412 g/mol. The second-order valence-corrected chi connectivity index (χ2v) is 7.26. The van der Waals surface area contributed by atoms with Crippen molar-refractivity contribution in [2.45, 2.75) is 12.8 Å². The Hall–Kier alpha value is -3.09. The van der Waals surface area contributed by atoms with Crippen LogP contribution in [0.4, 0.5) is 10.1 Å². The van der Waals surface area contributed by atoms with E-state index >= 15 is 0 Å². The number of para-hydroxylation sites is 1. The molecule has 0 spiro atoms.